The summed E-state index contributed by atoms with van der Waals surface area (Å²) in [5.74, 6) is -1.52. The predicted molar refractivity (Wildman–Crippen MR) is 141 cm³/mol. The zero-order valence-electron chi connectivity index (χ0n) is 20.6. The number of aromatic nitrogens is 1. The fraction of sp³-hybridized carbons (Fsp3) is 0.440. The molecule has 2 aromatic rings. The van der Waals surface area contributed by atoms with Crippen molar-refractivity contribution in [3.8, 4) is 11.8 Å². The van der Waals surface area contributed by atoms with Crippen molar-refractivity contribution in [3.63, 3.8) is 0 Å². The second kappa shape index (κ2) is 13.9. The number of anilines is 2. The molecule has 190 valence electrons. The number of aromatic hydroxyl groups is 1. The van der Waals surface area contributed by atoms with Gasteiger partial charge in [0.1, 0.15) is 11.6 Å². The number of carbonyl (C=O) groups is 1. The Bertz CT molecular complexity index is 1060. The number of nitrogens with zero attached hydrogens (tertiary/aromatic N) is 4. The highest BCUT2D eigenvalue weighted by molar-refractivity contribution is 7.79. The Kier molecular flexibility index (Phi) is 12.0. The molecule has 1 aliphatic rings. The van der Waals surface area contributed by atoms with E-state index in [9.17, 15) is 14.3 Å². The number of phenolic OH excluding ortho intramolecular Hbond substituents is 1. The van der Waals surface area contributed by atoms with Crippen LogP contribution in [-0.4, -0.2) is 45.3 Å². The van der Waals surface area contributed by atoms with E-state index in [0.717, 1.165) is 18.9 Å². The number of phenols is 1. The Morgan fingerprint density at radius 1 is 1.37 bits per heavy atom. The van der Waals surface area contributed by atoms with Gasteiger partial charge in [0.15, 0.2) is 17.3 Å². The highest BCUT2D eigenvalue weighted by Gasteiger charge is 2.50. The van der Waals surface area contributed by atoms with Gasteiger partial charge in [-0.25, -0.2) is 9.37 Å². The Morgan fingerprint density at radius 2 is 1.97 bits per heavy atom. The molecule has 10 heteroatoms. The molecular weight excluding hydrogens is 491 g/mol. The minimum atomic E-state index is -0.972. The molecule has 0 saturated heterocycles. The van der Waals surface area contributed by atoms with E-state index in [-0.39, 0.29) is 22.7 Å². The SMILES string of the molecule is CC.CCC(C)O.CN(C(=O)C1(N(C=S)c2ccc(O)c(F)c2)CCC1)c1cnc(C#N)c(Cl)c1. The molecule has 0 aliphatic heterocycles. The summed E-state index contributed by atoms with van der Waals surface area (Å²) in [6.45, 7) is 7.73. The quantitative estimate of drug-likeness (QED) is 0.476. The number of pyridine rings is 1. The number of halogens is 2. The summed E-state index contributed by atoms with van der Waals surface area (Å²) in [6.07, 6.45) is 4.02. The van der Waals surface area contributed by atoms with Gasteiger partial charge in [0, 0.05) is 18.8 Å². The standard InChI is InChI=1S/C19H16ClFN4O2S.C4H10O.C2H6/c1-24(13-7-14(20)16(9-22)23-10-13)18(27)19(5-2-6-19)25(11-28)12-3-4-17(26)15(21)8-12;1-3-4(2)5;1-2/h3-4,7-8,10-11,26H,2,5-6H2,1H3;4-5H,3H2,1-2H3;1-2H3. The third-order valence-corrected chi connectivity index (χ3v) is 6.07. The van der Waals surface area contributed by atoms with Crippen LogP contribution in [0.4, 0.5) is 15.8 Å². The Balaban J connectivity index is 0.000000779. The topological polar surface area (TPSA) is 101 Å². The van der Waals surface area contributed by atoms with Crippen LogP contribution in [0.2, 0.25) is 5.02 Å². The summed E-state index contributed by atoms with van der Waals surface area (Å²) in [5, 5.41) is 26.9. The lowest BCUT2D eigenvalue weighted by Gasteiger charge is -2.49. The summed E-state index contributed by atoms with van der Waals surface area (Å²) in [4.78, 5) is 20.3. The number of nitriles is 1. The van der Waals surface area contributed by atoms with E-state index in [0.29, 0.717) is 24.2 Å². The van der Waals surface area contributed by atoms with Gasteiger partial charge in [0.05, 0.1) is 28.5 Å². The molecule has 35 heavy (non-hydrogen) atoms. The van der Waals surface area contributed by atoms with E-state index in [1.807, 2.05) is 26.8 Å². The summed E-state index contributed by atoms with van der Waals surface area (Å²) in [6, 6.07) is 7.25. The highest BCUT2D eigenvalue weighted by Crippen LogP contribution is 2.42. The first kappa shape index (κ1) is 30.2. The van der Waals surface area contributed by atoms with Crippen LogP contribution in [0.15, 0.2) is 30.5 Å². The van der Waals surface area contributed by atoms with E-state index in [1.54, 1.807) is 18.9 Å². The van der Waals surface area contributed by atoms with Crippen LogP contribution in [-0.2, 0) is 4.79 Å². The van der Waals surface area contributed by atoms with E-state index >= 15 is 0 Å². The van der Waals surface area contributed by atoms with E-state index in [4.69, 9.17) is 34.2 Å². The van der Waals surface area contributed by atoms with Crippen LogP contribution in [0.25, 0.3) is 0 Å². The van der Waals surface area contributed by atoms with Gasteiger partial charge < -0.3 is 20.0 Å². The molecule has 1 amide bonds. The molecule has 7 nitrogen and oxygen atoms in total. The average Bonchev–Trinajstić information content (AvgIpc) is 2.83. The minimum absolute atomic E-state index is 0.0738. The largest absolute Gasteiger partial charge is 0.505 e. The predicted octanol–water partition coefficient (Wildman–Crippen LogP) is 5.60. The van der Waals surface area contributed by atoms with E-state index in [2.05, 4.69) is 4.98 Å². The molecule has 1 aromatic heterocycles. The lowest BCUT2D eigenvalue weighted by Crippen LogP contribution is -2.63. The maximum Gasteiger partial charge on any atom is 0.253 e. The van der Waals surface area contributed by atoms with Crippen molar-refractivity contribution in [2.75, 3.05) is 16.8 Å². The first-order valence-electron chi connectivity index (χ1n) is 11.4. The summed E-state index contributed by atoms with van der Waals surface area (Å²) in [7, 11) is 1.58. The molecule has 1 atom stereocenters. The number of benzene rings is 1. The number of likely N-dealkylation sites (N-methyl/N-ethyl adjacent to an activating group) is 1. The van der Waals surface area contributed by atoms with Crippen molar-refractivity contribution in [2.24, 2.45) is 0 Å². The zero-order chi connectivity index (χ0) is 26.8. The second-order valence-electron chi connectivity index (χ2n) is 7.75. The summed E-state index contributed by atoms with van der Waals surface area (Å²) >= 11 is 11.2. The zero-order valence-corrected chi connectivity index (χ0v) is 22.2. The maximum atomic E-state index is 13.9. The smallest absolute Gasteiger partial charge is 0.253 e. The van der Waals surface area contributed by atoms with Crippen LogP contribution in [0.3, 0.4) is 0 Å². The number of rotatable bonds is 6. The molecule has 1 aromatic carbocycles. The normalized spacial score (nSPS) is 13.9. The van der Waals surface area contributed by atoms with Gasteiger partial charge in [-0.1, -0.05) is 44.6 Å². The van der Waals surface area contributed by atoms with Crippen molar-refractivity contribution >= 4 is 46.6 Å². The van der Waals surface area contributed by atoms with Gasteiger partial charge in [-0.2, -0.15) is 5.26 Å². The Morgan fingerprint density at radius 3 is 2.37 bits per heavy atom. The van der Waals surface area contributed by atoms with Gasteiger partial charge in [-0.15, -0.1) is 0 Å². The first-order valence-corrected chi connectivity index (χ1v) is 12.2. The number of amides is 1. The van der Waals surface area contributed by atoms with Crippen molar-refractivity contribution < 1.29 is 19.4 Å². The Hall–Kier alpha value is -2.80. The number of aliphatic hydroxyl groups is 1. The first-order chi connectivity index (χ1) is 16.6. The van der Waals surface area contributed by atoms with Crippen molar-refractivity contribution in [2.45, 2.75) is 65.0 Å². The van der Waals surface area contributed by atoms with Crippen molar-refractivity contribution in [3.05, 3.63) is 47.0 Å². The summed E-state index contributed by atoms with van der Waals surface area (Å²) in [5.41, 5.74) is 1.23. The van der Waals surface area contributed by atoms with Gasteiger partial charge in [0.2, 0.25) is 0 Å². The number of hydrogen-bond acceptors (Lipinski definition) is 6. The molecular formula is C25H32ClFN4O3S. The molecule has 0 radical (unpaired) electrons. The lowest BCUT2D eigenvalue weighted by atomic mass is 9.74. The monoisotopic (exact) mass is 522 g/mol. The van der Waals surface area contributed by atoms with Crippen LogP contribution in [0.5, 0.6) is 5.75 Å². The molecule has 1 unspecified atom stereocenters. The molecule has 0 bridgehead atoms. The number of aliphatic hydroxyl groups excluding tert-OH is 1. The fourth-order valence-electron chi connectivity index (χ4n) is 3.25. The number of thiocarbonyl (C=S) groups is 1. The molecule has 1 fully saturated rings. The summed E-state index contributed by atoms with van der Waals surface area (Å²) < 4.78 is 13.9. The second-order valence-corrected chi connectivity index (χ2v) is 8.37. The van der Waals surface area contributed by atoms with Crippen LogP contribution < -0.4 is 9.80 Å². The molecule has 1 aliphatic carbocycles. The van der Waals surface area contributed by atoms with Gasteiger partial charge in [0.25, 0.3) is 5.91 Å². The third kappa shape index (κ3) is 7.10. The van der Waals surface area contributed by atoms with Gasteiger partial charge >= 0.3 is 0 Å². The van der Waals surface area contributed by atoms with Crippen LogP contribution >= 0.6 is 23.8 Å². The van der Waals surface area contributed by atoms with Crippen molar-refractivity contribution in [1.82, 2.24) is 4.98 Å². The number of carbonyl (C=O) groups excluding carboxylic acids is 1. The lowest BCUT2D eigenvalue weighted by molar-refractivity contribution is -0.125. The number of hydrogen-bond donors (Lipinski definition) is 2. The minimum Gasteiger partial charge on any atom is -0.505 e. The molecule has 1 saturated carbocycles. The third-order valence-electron chi connectivity index (χ3n) is 5.57. The molecule has 1 heterocycles. The van der Waals surface area contributed by atoms with Crippen LogP contribution in [0, 0.1) is 17.1 Å². The van der Waals surface area contributed by atoms with Gasteiger partial charge in [-0.05, 0) is 50.8 Å². The van der Waals surface area contributed by atoms with Gasteiger partial charge in [-0.3, -0.25) is 4.79 Å². The Labute approximate surface area is 216 Å². The molecule has 0 spiro atoms. The molecule has 2 N–H and O–H groups in total. The molecule has 3 rings (SSSR count). The average molecular weight is 523 g/mol. The van der Waals surface area contributed by atoms with Crippen molar-refractivity contribution in [1.29, 1.82) is 5.26 Å². The maximum absolute atomic E-state index is 13.9. The fourth-order valence-corrected chi connectivity index (χ4v) is 3.77. The van der Waals surface area contributed by atoms with Crippen LogP contribution in [0.1, 0.15) is 59.1 Å². The van der Waals surface area contributed by atoms with E-state index in [1.165, 1.54) is 34.8 Å². The van der Waals surface area contributed by atoms with E-state index < -0.39 is 17.1 Å². The highest BCUT2D eigenvalue weighted by atomic mass is 35.5.